The minimum Gasteiger partial charge on any atom is -0.399 e. The van der Waals surface area contributed by atoms with E-state index in [2.05, 4.69) is 14.8 Å². The normalized spacial score (nSPS) is 11.6. The molecular formula is C4H10N2O2. The zero-order valence-corrected chi connectivity index (χ0v) is 5.05. The van der Waals surface area contributed by atoms with Crippen molar-refractivity contribution in [1.29, 1.82) is 0 Å². The molecule has 0 rings (SSSR count). The van der Waals surface area contributed by atoms with Gasteiger partial charge in [0.15, 0.2) is 0 Å². The van der Waals surface area contributed by atoms with E-state index in [1.165, 1.54) is 7.11 Å². The Bertz CT molecular complexity index is 82.1. The molecule has 0 aromatic rings. The summed E-state index contributed by atoms with van der Waals surface area (Å²) in [5, 5.41) is 3.53. The molecule has 0 heterocycles. The highest BCUT2D eigenvalue weighted by Gasteiger charge is 1.86. The second kappa shape index (κ2) is 4.55. The predicted octanol–water partition coefficient (Wildman–Crippen LogP) is -0.101. The summed E-state index contributed by atoms with van der Waals surface area (Å²) in [5.41, 5.74) is 0.718. The first-order valence-corrected chi connectivity index (χ1v) is 2.19. The predicted molar refractivity (Wildman–Crippen MR) is 30.3 cm³/mol. The van der Waals surface area contributed by atoms with Gasteiger partial charge >= 0.3 is 0 Å². The summed E-state index contributed by atoms with van der Waals surface area (Å²) in [5.74, 6) is 4.72. The Morgan fingerprint density at radius 3 is 2.75 bits per heavy atom. The first-order valence-electron chi connectivity index (χ1n) is 2.19. The minimum atomic E-state index is 0.313. The van der Waals surface area contributed by atoms with Gasteiger partial charge in [-0.3, -0.25) is 4.84 Å². The molecular weight excluding hydrogens is 108 g/mol. The number of hydrogen-bond donors (Lipinski definition) is 1. The second-order valence-corrected chi connectivity index (χ2v) is 1.32. The SMILES string of the molecule is CO/N=C(\C)CON. The van der Waals surface area contributed by atoms with E-state index in [-0.39, 0.29) is 0 Å². The lowest BCUT2D eigenvalue weighted by Gasteiger charge is -1.93. The van der Waals surface area contributed by atoms with Crippen molar-refractivity contribution in [2.24, 2.45) is 11.1 Å². The average Bonchev–Trinajstić information content (AvgIpc) is 1.68. The molecule has 0 radical (unpaired) electrons. The highest BCUT2D eigenvalue weighted by Crippen LogP contribution is 1.76. The van der Waals surface area contributed by atoms with E-state index in [0.29, 0.717) is 6.61 Å². The van der Waals surface area contributed by atoms with Crippen LogP contribution in [0, 0.1) is 0 Å². The molecule has 0 amide bonds. The van der Waals surface area contributed by atoms with Crippen molar-refractivity contribution in [3.05, 3.63) is 0 Å². The quantitative estimate of drug-likeness (QED) is 0.416. The molecule has 0 bridgehead atoms. The Hall–Kier alpha value is -0.610. The van der Waals surface area contributed by atoms with Gasteiger partial charge in [-0.1, -0.05) is 5.16 Å². The maximum absolute atomic E-state index is 4.72. The molecule has 8 heavy (non-hydrogen) atoms. The molecule has 0 unspecified atom stereocenters. The summed E-state index contributed by atoms with van der Waals surface area (Å²) in [6.45, 7) is 2.07. The summed E-state index contributed by atoms with van der Waals surface area (Å²) >= 11 is 0. The molecule has 0 aromatic carbocycles. The van der Waals surface area contributed by atoms with Gasteiger partial charge in [-0.25, -0.2) is 5.90 Å². The standard InChI is InChI=1S/C4H10N2O2/c1-4(3-8-5)6-7-2/h3,5H2,1-2H3/b6-4+. The van der Waals surface area contributed by atoms with Crippen molar-refractivity contribution in [1.82, 2.24) is 0 Å². The largest absolute Gasteiger partial charge is 0.399 e. The van der Waals surface area contributed by atoms with E-state index < -0.39 is 0 Å². The summed E-state index contributed by atoms with van der Waals surface area (Å²) in [4.78, 5) is 8.65. The Labute approximate surface area is 48.2 Å². The lowest BCUT2D eigenvalue weighted by Crippen LogP contribution is -2.08. The van der Waals surface area contributed by atoms with E-state index in [9.17, 15) is 0 Å². The first kappa shape index (κ1) is 7.39. The van der Waals surface area contributed by atoms with E-state index in [0.717, 1.165) is 5.71 Å². The maximum Gasteiger partial charge on any atom is 0.109 e. The Balaban J connectivity index is 3.29. The van der Waals surface area contributed by atoms with Crippen LogP contribution in [0.5, 0.6) is 0 Å². The molecule has 0 saturated carbocycles. The van der Waals surface area contributed by atoms with Crippen LogP contribution in [0.2, 0.25) is 0 Å². The van der Waals surface area contributed by atoms with Gasteiger partial charge < -0.3 is 4.84 Å². The number of rotatable bonds is 3. The molecule has 0 aromatic heterocycles. The lowest BCUT2D eigenvalue weighted by atomic mass is 10.5. The Morgan fingerprint density at radius 1 is 1.75 bits per heavy atom. The fourth-order valence-electron chi connectivity index (χ4n) is 0.303. The average molecular weight is 118 g/mol. The third-order valence-electron chi connectivity index (χ3n) is 0.539. The monoisotopic (exact) mass is 118 g/mol. The lowest BCUT2D eigenvalue weighted by molar-refractivity contribution is 0.167. The first-order chi connectivity index (χ1) is 3.81. The number of hydrogen-bond acceptors (Lipinski definition) is 4. The summed E-state index contributed by atoms with van der Waals surface area (Å²) in [7, 11) is 1.47. The molecule has 2 N–H and O–H groups in total. The molecule has 0 aliphatic heterocycles. The van der Waals surface area contributed by atoms with E-state index >= 15 is 0 Å². The third-order valence-corrected chi connectivity index (χ3v) is 0.539. The molecule has 4 heteroatoms. The zero-order valence-electron chi connectivity index (χ0n) is 5.05. The van der Waals surface area contributed by atoms with Gasteiger partial charge in [0.05, 0.1) is 5.71 Å². The van der Waals surface area contributed by atoms with Gasteiger partial charge in [-0.05, 0) is 6.92 Å². The van der Waals surface area contributed by atoms with E-state index in [4.69, 9.17) is 5.90 Å². The summed E-state index contributed by atoms with van der Waals surface area (Å²) in [6.07, 6.45) is 0. The molecule has 0 saturated heterocycles. The molecule has 48 valence electrons. The second-order valence-electron chi connectivity index (χ2n) is 1.32. The van der Waals surface area contributed by atoms with Gasteiger partial charge in [-0.15, -0.1) is 0 Å². The minimum absolute atomic E-state index is 0.313. The zero-order chi connectivity index (χ0) is 6.41. The van der Waals surface area contributed by atoms with E-state index in [1.807, 2.05) is 0 Å². The van der Waals surface area contributed by atoms with Crippen LogP contribution in [0.3, 0.4) is 0 Å². The molecule has 0 atom stereocenters. The Kier molecular flexibility index (Phi) is 4.20. The van der Waals surface area contributed by atoms with E-state index in [1.54, 1.807) is 6.92 Å². The molecule has 4 nitrogen and oxygen atoms in total. The van der Waals surface area contributed by atoms with Crippen LogP contribution in [-0.2, 0) is 9.68 Å². The number of oxime groups is 1. The van der Waals surface area contributed by atoms with Crippen LogP contribution in [-0.4, -0.2) is 19.4 Å². The summed E-state index contributed by atoms with van der Waals surface area (Å²) in [6, 6.07) is 0. The third kappa shape index (κ3) is 3.58. The van der Waals surface area contributed by atoms with Gasteiger partial charge in [0, 0.05) is 0 Å². The van der Waals surface area contributed by atoms with Gasteiger partial charge in [0.2, 0.25) is 0 Å². The molecule has 0 fully saturated rings. The highest BCUT2D eigenvalue weighted by molar-refractivity contribution is 5.82. The van der Waals surface area contributed by atoms with Crippen LogP contribution in [0.15, 0.2) is 5.16 Å². The van der Waals surface area contributed by atoms with Gasteiger partial charge in [-0.2, -0.15) is 0 Å². The highest BCUT2D eigenvalue weighted by atomic mass is 16.6. The van der Waals surface area contributed by atoms with Crippen LogP contribution in [0.4, 0.5) is 0 Å². The fourth-order valence-corrected chi connectivity index (χ4v) is 0.303. The van der Waals surface area contributed by atoms with Gasteiger partial charge in [0.25, 0.3) is 0 Å². The fraction of sp³-hybridized carbons (Fsp3) is 0.750. The molecule has 0 aliphatic carbocycles. The Morgan fingerprint density at radius 2 is 2.38 bits per heavy atom. The van der Waals surface area contributed by atoms with Crippen LogP contribution in [0.25, 0.3) is 0 Å². The number of nitrogens with zero attached hydrogens (tertiary/aromatic N) is 1. The van der Waals surface area contributed by atoms with Crippen molar-refractivity contribution in [3.8, 4) is 0 Å². The topological polar surface area (TPSA) is 56.8 Å². The van der Waals surface area contributed by atoms with Crippen LogP contribution < -0.4 is 5.90 Å². The summed E-state index contributed by atoms with van der Waals surface area (Å²) < 4.78 is 0. The van der Waals surface area contributed by atoms with Crippen molar-refractivity contribution < 1.29 is 9.68 Å². The van der Waals surface area contributed by atoms with Crippen LogP contribution in [0.1, 0.15) is 6.92 Å². The molecule has 0 spiro atoms. The smallest absolute Gasteiger partial charge is 0.109 e. The van der Waals surface area contributed by atoms with Crippen molar-refractivity contribution in [3.63, 3.8) is 0 Å². The maximum atomic E-state index is 4.72. The van der Waals surface area contributed by atoms with Gasteiger partial charge in [0.1, 0.15) is 13.7 Å². The van der Waals surface area contributed by atoms with Crippen molar-refractivity contribution >= 4 is 5.71 Å². The number of nitrogens with two attached hydrogens (primary N) is 1. The molecule has 0 aliphatic rings. The van der Waals surface area contributed by atoms with Crippen molar-refractivity contribution in [2.45, 2.75) is 6.92 Å². The van der Waals surface area contributed by atoms with Crippen molar-refractivity contribution in [2.75, 3.05) is 13.7 Å². The van der Waals surface area contributed by atoms with Crippen LogP contribution >= 0.6 is 0 Å².